The lowest BCUT2D eigenvalue weighted by molar-refractivity contribution is 0.0747. The number of phenols is 1. The summed E-state index contributed by atoms with van der Waals surface area (Å²) in [5, 5.41) is 10.3. The first-order valence-electron chi connectivity index (χ1n) is 9.75. The Morgan fingerprint density at radius 2 is 1.33 bits per heavy atom. The van der Waals surface area contributed by atoms with Gasteiger partial charge in [-0.2, -0.15) is 0 Å². The number of rotatable bonds is 2. The van der Waals surface area contributed by atoms with Gasteiger partial charge in [0.1, 0.15) is 11.6 Å². The maximum absolute atomic E-state index is 13.5. The summed E-state index contributed by atoms with van der Waals surface area (Å²) in [5.74, 6) is -1.05. The molecule has 150 valence electrons. The Labute approximate surface area is 173 Å². The molecule has 5 rings (SSSR count). The lowest BCUT2D eigenvalue weighted by Crippen LogP contribution is -2.27. The second-order valence-corrected chi connectivity index (χ2v) is 7.74. The van der Waals surface area contributed by atoms with Crippen LogP contribution in [-0.2, 0) is 26.2 Å². The highest BCUT2D eigenvalue weighted by Crippen LogP contribution is 2.29. The molecule has 5 nitrogen and oxygen atoms in total. The molecule has 0 saturated heterocycles. The molecule has 0 aromatic heterocycles. The van der Waals surface area contributed by atoms with E-state index in [9.17, 15) is 19.1 Å². The van der Waals surface area contributed by atoms with Crippen LogP contribution in [0.15, 0.2) is 60.7 Å². The normalized spacial score (nSPS) is 14.6. The average Bonchev–Trinajstić information content (AvgIpc) is 3.36. The number of hydrogen-bond acceptors (Lipinski definition) is 3. The van der Waals surface area contributed by atoms with Gasteiger partial charge in [0.2, 0.25) is 0 Å². The van der Waals surface area contributed by atoms with Gasteiger partial charge in [-0.25, -0.2) is 4.39 Å². The second kappa shape index (κ2) is 6.99. The number of hydrogen-bond donors (Lipinski definition) is 1. The number of benzene rings is 3. The molecule has 0 atom stereocenters. The topological polar surface area (TPSA) is 60.9 Å². The van der Waals surface area contributed by atoms with Crippen LogP contribution in [-0.4, -0.2) is 26.7 Å². The minimum absolute atomic E-state index is 0.108. The van der Waals surface area contributed by atoms with Crippen LogP contribution < -0.4 is 0 Å². The summed E-state index contributed by atoms with van der Waals surface area (Å²) in [6.45, 7) is 1.65. The zero-order valence-corrected chi connectivity index (χ0v) is 16.1. The van der Waals surface area contributed by atoms with Crippen LogP contribution >= 0.6 is 0 Å². The van der Waals surface area contributed by atoms with Gasteiger partial charge in [0.15, 0.2) is 0 Å². The van der Waals surface area contributed by atoms with Crippen LogP contribution in [0.1, 0.15) is 43.0 Å². The van der Waals surface area contributed by atoms with Crippen molar-refractivity contribution < 1.29 is 19.1 Å². The van der Waals surface area contributed by atoms with Gasteiger partial charge in [0, 0.05) is 31.7 Å². The Balaban J connectivity index is 1.38. The van der Waals surface area contributed by atoms with Crippen molar-refractivity contribution in [3.05, 3.63) is 99.9 Å². The van der Waals surface area contributed by atoms with E-state index in [0.29, 0.717) is 31.7 Å². The largest absolute Gasteiger partial charge is 0.507 e. The molecular weight excluding hydrogens is 383 g/mol. The SMILES string of the molecule is O=C(c1ccc(O)c(C(=O)N2Cc3ccccc3C2)c1)N1Cc2ccc(F)cc2C1. The predicted molar refractivity (Wildman–Crippen MR) is 108 cm³/mol. The highest BCUT2D eigenvalue weighted by atomic mass is 19.1. The number of carbonyl (C=O) groups is 2. The smallest absolute Gasteiger partial charge is 0.258 e. The van der Waals surface area contributed by atoms with E-state index in [1.54, 1.807) is 15.9 Å². The van der Waals surface area contributed by atoms with Crippen molar-refractivity contribution in [2.75, 3.05) is 0 Å². The summed E-state index contributed by atoms with van der Waals surface area (Å²) >= 11 is 0. The number of phenolic OH excluding ortho intramolecular Hbond substituents is 1. The highest BCUT2D eigenvalue weighted by molar-refractivity contribution is 6.01. The Bertz CT molecular complexity index is 1170. The molecule has 0 spiro atoms. The minimum atomic E-state index is -0.327. The van der Waals surface area contributed by atoms with Crippen LogP contribution in [0.4, 0.5) is 4.39 Å². The third-order valence-electron chi connectivity index (χ3n) is 5.78. The first kappa shape index (κ1) is 18.4. The third kappa shape index (κ3) is 3.10. The van der Waals surface area contributed by atoms with E-state index in [0.717, 1.165) is 22.3 Å². The summed E-state index contributed by atoms with van der Waals surface area (Å²) in [7, 11) is 0. The number of fused-ring (bicyclic) bond motifs is 2. The zero-order chi connectivity index (χ0) is 20.8. The quantitative estimate of drug-likeness (QED) is 0.709. The van der Waals surface area contributed by atoms with Gasteiger partial charge in [0.05, 0.1) is 5.56 Å². The minimum Gasteiger partial charge on any atom is -0.507 e. The first-order chi connectivity index (χ1) is 14.5. The molecule has 30 heavy (non-hydrogen) atoms. The molecule has 2 aliphatic heterocycles. The summed E-state index contributed by atoms with van der Waals surface area (Å²) in [5.41, 5.74) is 4.29. The molecule has 0 saturated carbocycles. The third-order valence-corrected chi connectivity index (χ3v) is 5.78. The van der Waals surface area contributed by atoms with E-state index < -0.39 is 0 Å². The van der Waals surface area contributed by atoms with Crippen molar-refractivity contribution in [2.24, 2.45) is 0 Å². The maximum atomic E-state index is 13.5. The van der Waals surface area contributed by atoms with E-state index in [1.165, 1.54) is 30.3 Å². The Kier molecular flexibility index (Phi) is 4.28. The van der Waals surface area contributed by atoms with E-state index in [4.69, 9.17) is 0 Å². The van der Waals surface area contributed by atoms with Crippen LogP contribution in [0.3, 0.4) is 0 Å². The van der Waals surface area contributed by atoms with Gasteiger partial charge >= 0.3 is 0 Å². The summed E-state index contributed by atoms with van der Waals surface area (Å²) in [4.78, 5) is 29.3. The molecule has 0 bridgehead atoms. The Hall–Kier alpha value is -3.67. The highest BCUT2D eigenvalue weighted by Gasteiger charge is 2.28. The Morgan fingerprint density at radius 3 is 2.03 bits per heavy atom. The summed E-state index contributed by atoms with van der Waals surface area (Å²) < 4.78 is 13.5. The molecule has 3 aromatic rings. The van der Waals surface area contributed by atoms with Crippen LogP contribution in [0.2, 0.25) is 0 Å². The standard InChI is InChI=1S/C24H19FN2O3/c25-20-7-5-18-13-26(14-19(18)9-20)23(29)15-6-8-22(28)21(10-15)24(30)27-11-16-3-1-2-4-17(16)12-27/h1-10,28H,11-14H2. The number of aromatic hydroxyl groups is 1. The van der Waals surface area contributed by atoms with Gasteiger partial charge in [-0.3, -0.25) is 9.59 Å². The van der Waals surface area contributed by atoms with Crippen molar-refractivity contribution in [2.45, 2.75) is 26.2 Å². The van der Waals surface area contributed by atoms with Crippen molar-refractivity contribution in [3.8, 4) is 5.75 Å². The molecule has 2 heterocycles. The number of nitrogens with zero attached hydrogens (tertiary/aromatic N) is 2. The van der Waals surface area contributed by atoms with Crippen molar-refractivity contribution in [3.63, 3.8) is 0 Å². The fraction of sp³-hybridized carbons (Fsp3) is 0.167. The van der Waals surface area contributed by atoms with Gasteiger partial charge in [-0.15, -0.1) is 0 Å². The van der Waals surface area contributed by atoms with Crippen molar-refractivity contribution >= 4 is 11.8 Å². The van der Waals surface area contributed by atoms with Gasteiger partial charge in [-0.05, 0) is 52.6 Å². The number of carbonyl (C=O) groups excluding carboxylic acids is 2. The Morgan fingerprint density at radius 1 is 0.733 bits per heavy atom. The van der Waals surface area contributed by atoms with E-state index in [1.807, 2.05) is 24.3 Å². The molecule has 3 aromatic carbocycles. The molecule has 0 radical (unpaired) electrons. The molecule has 0 fully saturated rings. The van der Waals surface area contributed by atoms with E-state index in [-0.39, 0.29) is 28.9 Å². The molecule has 2 aliphatic rings. The molecule has 2 amide bonds. The first-order valence-corrected chi connectivity index (χ1v) is 9.75. The molecule has 0 unspecified atom stereocenters. The summed E-state index contributed by atoms with van der Waals surface area (Å²) in [6.07, 6.45) is 0. The van der Waals surface area contributed by atoms with E-state index >= 15 is 0 Å². The fourth-order valence-corrected chi connectivity index (χ4v) is 4.18. The molecule has 6 heteroatoms. The lowest BCUT2D eigenvalue weighted by Gasteiger charge is -2.19. The van der Waals surface area contributed by atoms with Crippen LogP contribution in [0.5, 0.6) is 5.75 Å². The van der Waals surface area contributed by atoms with Crippen LogP contribution in [0, 0.1) is 5.82 Å². The van der Waals surface area contributed by atoms with Gasteiger partial charge in [-0.1, -0.05) is 30.3 Å². The van der Waals surface area contributed by atoms with Crippen molar-refractivity contribution in [1.82, 2.24) is 9.80 Å². The van der Waals surface area contributed by atoms with Gasteiger partial charge in [0.25, 0.3) is 11.8 Å². The second-order valence-electron chi connectivity index (χ2n) is 7.74. The molecule has 0 aliphatic carbocycles. The number of amides is 2. The lowest BCUT2D eigenvalue weighted by atomic mass is 10.1. The molecular formula is C24H19FN2O3. The number of halogens is 1. The zero-order valence-electron chi connectivity index (χ0n) is 16.1. The maximum Gasteiger partial charge on any atom is 0.258 e. The van der Waals surface area contributed by atoms with Crippen LogP contribution in [0.25, 0.3) is 0 Å². The monoisotopic (exact) mass is 402 g/mol. The van der Waals surface area contributed by atoms with Gasteiger partial charge < -0.3 is 14.9 Å². The van der Waals surface area contributed by atoms with Crippen molar-refractivity contribution in [1.29, 1.82) is 0 Å². The molecule has 1 N–H and O–H groups in total. The summed E-state index contributed by atoms with van der Waals surface area (Å²) in [6, 6.07) is 16.7. The fourth-order valence-electron chi connectivity index (χ4n) is 4.18. The predicted octanol–water partition coefficient (Wildman–Crippen LogP) is 3.84. The van der Waals surface area contributed by atoms with E-state index in [2.05, 4.69) is 0 Å². The average molecular weight is 402 g/mol.